The van der Waals surface area contributed by atoms with E-state index in [1.807, 2.05) is 6.92 Å². The number of carbonyl (C=O) groups excluding carboxylic acids is 1. The highest BCUT2D eigenvalue weighted by molar-refractivity contribution is 7.10. The van der Waals surface area contributed by atoms with Crippen LogP contribution in [0.15, 0.2) is 17.5 Å². The van der Waals surface area contributed by atoms with Crippen molar-refractivity contribution in [1.29, 1.82) is 0 Å². The SMILES string of the molecule is C/C=C/C(=O)c1csc(C#C[Si](C)(C)C)n1. The van der Waals surface area contributed by atoms with Crippen LogP contribution in [0.4, 0.5) is 0 Å². The molecular weight excluding hydrogens is 234 g/mol. The number of aromatic nitrogens is 1. The Balaban J connectivity index is 2.87. The van der Waals surface area contributed by atoms with Crippen molar-refractivity contribution < 1.29 is 4.79 Å². The van der Waals surface area contributed by atoms with Gasteiger partial charge in [-0.3, -0.25) is 4.79 Å². The molecule has 2 nitrogen and oxygen atoms in total. The van der Waals surface area contributed by atoms with E-state index in [0.717, 1.165) is 5.01 Å². The van der Waals surface area contributed by atoms with Crippen LogP contribution < -0.4 is 0 Å². The minimum atomic E-state index is -1.37. The lowest BCUT2D eigenvalue weighted by molar-refractivity contribution is 0.104. The molecule has 0 bridgehead atoms. The van der Waals surface area contributed by atoms with Crippen molar-refractivity contribution in [3.63, 3.8) is 0 Å². The Hall–Kier alpha value is -1.18. The largest absolute Gasteiger partial charge is 0.288 e. The van der Waals surface area contributed by atoms with E-state index in [2.05, 4.69) is 36.1 Å². The summed E-state index contributed by atoms with van der Waals surface area (Å²) in [4.78, 5) is 15.7. The lowest BCUT2D eigenvalue weighted by Gasteiger charge is -2.02. The Bertz CT molecular complexity index is 471. The van der Waals surface area contributed by atoms with Gasteiger partial charge in [-0.15, -0.1) is 16.9 Å². The topological polar surface area (TPSA) is 30.0 Å². The quantitative estimate of drug-likeness (QED) is 0.349. The van der Waals surface area contributed by atoms with Crippen LogP contribution in [0.2, 0.25) is 19.6 Å². The fraction of sp³-hybridized carbons (Fsp3) is 0.333. The maximum Gasteiger partial charge on any atom is 0.204 e. The predicted molar refractivity (Wildman–Crippen MR) is 71.5 cm³/mol. The van der Waals surface area contributed by atoms with E-state index in [0.29, 0.717) is 5.69 Å². The molecule has 0 radical (unpaired) electrons. The Labute approximate surface area is 101 Å². The highest BCUT2D eigenvalue weighted by atomic mass is 32.1. The molecule has 84 valence electrons. The molecule has 0 amide bonds. The second-order valence-electron chi connectivity index (χ2n) is 4.40. The Kier molecular flexibility index (Phi) is 4.22. The molecule has 0 atom stereocenters. The number of ketones is 1. The first kappa shape index (κ1) is 12.9. The fourth-order valence-corrected chi connectivity index (χ4v) is 2.16. The first-order valence-electron chi connectivity index (χ1n) is 5.08. The first-order valence-corrected chi connectivity index (χ1v) is 9.46. The molecule has 0 aliphatic rings. The van der Waals surface area contributed by atoms with Crippen LogP contribution in [0, 0.1) is 11.5 Å². The van der Waals surface area contributed by atoms with Gasteiger partial charge in [0.05, 0.1) is 0 Å². The molecule has 0 saturated carbocycles. The van der Waals surface area contributed by atoms with Gasteiger partial charge in [0.1, 0.15) is 13.8 Å². The monoisotopic (exact) mass is 249 g/mol. The van der Waals surface area contributed by atoms with Crippen LogP contribution in [0.25, 0.3) is 0 Å². The maximum atomic E-state index is 11.5. The van der Waals surface area contributed by atoms with E-state index in [1.54, 1.807) is 11.5 Å². The molecule has 0 spiro atoms. The van der Waals surface area contributed by atoms with Gasteiger partial charge in [0.15, 0.2) is 5.01 Å². The summed E-state index contributed by atoms with van der Waals surface area (Å²) in [6.45, 7) is 8.36. The van der Waals surface area contributed by atoms with E-state index < -0.39 is 8.07 Å². The summed E-state index contributed by atoms with van der Waals surface area (Å²) in [6.07, 6.45) is 3.24. The number of rotatable bonds is 2. The Morgan fingerprint density at radius 3 is 2.75 bits per heavy atom. The molecule has 1 aromatic heterocycles. The van der Waals surface area contributed by atoms with Gasteiger partial charge in [0.2, 0.25) is 5.78 Å². The lowest BCUT2D eigenvalue weighted by atomic mass is 10.3. The van der Waals surface area contributed by atoms with Gasteiger partial charge >= 0.3 is 0 Å². The summed E-state index contributed by atoms with van der Waals surface area (Å²) in [6, 6.07) is 0. The Morgan fingerprint density at radius 1 is 1.50 bits per heavy atom. The maximum absolute atomic E-state index is 11.5. The van der Waals surface area contributed by atoms with Crippen molar-refractivity contribution in [2.75, 3.05) is 0 Å². The van der Waals surface area contributed by atoms with Crippen molar-refractivity contribution >= 4 is 25.2 Å². The third kappa shape index (κ3) is 4.13. The van der Waals surface area contributed by atoms with Crippen molar-refractivity contribution in [2.45, 2.75) is 26.6 Å². The van der Waals surface area contributed by atoms with Crippen molar-refractivity contribution in [2.24, 2.45) is 0 Å². The number of allylic oxidation sites excluding steroid dienone is 2. The highest BCUT2D eigenvalue weighted by Gasteiger charge is 2.09. The molecule has 0 fully saturated rings. The van der Waals surface area contributed by atoms with Crippen molar-refractivity contribution in [1.82, 2.24) is 4.98 Å². The van der Waals surface area contributed by atoms with Crippen molar-refractivity contribution in [3.8, 4) is 11.5 Å². The summed E-state index contributed by atoms with van der Waals surface area (Å²) < 4.78 is 0. The molecular formula is C12H15NOSSi. The molecule has 0 N–H and O–H groups in total. The first-order chi connectivity index (χ1) is 7.42. The average molecular weight is 249 g/mol. The highest BCUT2D eigenvalue weighted by Crippen LogP contribution is 2.10. The summed E-state index contributed by atoms with van der Waals surface area (Å²) in [5.74, 6) is 2.99. The summed E-state index contributed by atoms with van der Waals surface area (Å²) in [5.41, 5.74) is 3.72. The standard InChI is InChI=1S/C12H15NOSSi/c1-5-6-11(14)10-9-15-12(13-10)7-8-16(2,3)4/h5-6,9H,1-4H3/b6-5+. The third-order valence-corrected chi connectivity index (χ3v) is 3.25. The second-order valence-corrected chi connectivity index (χ2v) is 10.0. The number of carbonyl (C=O) groups is 1. The second kappa shape index (κ2) is 5.24. The molecule has 4 heteroatoms. The zero-order chi connectivity index (χ0) is 12.2. The number of hydrogen-bond acceptors (Lipinski definition) is 3. The van der Waals surface area contributed by atoms with Gasteiger partial charge < -0.3 is 0 Å². The average Bonchev–Trinajstić information content (AvgIpc) is 2.62. The molecule has 0 aliphatic heterocycles. The molecule has 16 heavy (non-hydrogen) atoms. The predicted octanol–water partition coefficient (Wildman–Crippen LogP) is 3.13. The van der Waals surface area contributed by atoms with Gasteiger partial charge in [-0.1, -0.05) is 25.7 Å². The molecule has 1 aromatic rings. The summed E-state index contributed by atoms with van der Waals surface area (Å²) in [7, 11) is -1.37. The van der Waals surface area contributed by atoms with E-state index in [1.165, 1.54) is 17.4 Å². The molecule has 0 aromatic carbocycles. The van der Waals surface area contributed by atoms with Gasteiger partial charge in [0, 0.05) is 5.38 Å². The van der Waals surface area contributed by atoms with E-state index in [9.17, 15) is 4.79 Å². The van der Waals surface area contributed by atoms with E-state index >= 15 is 0 Å². The molecule has 0 saturated heterocycles. The Morgan fingerprint density at radius 2 is 2.19 bits per heavy atom. The molecule has 1 rings (SSSR count). The van der Waals surface area contributed by atoms with Gasteiger partial charge in [-0.25, -0.2) is 4.98 Å². The summed E-state index contributed by atoms with van der Waals surface area (Å²) >= 11 is 1.43. The minimum absolute atomic E-state index is 0.0557. The number of thiazole rings is 1. The van der Waals surface area contributed by atoms with Crippen LogP contribution >= 0.6 is 11.3 Å². The van der Waals surface area contributed by atoms with Crippen LogP contribution in [0.5, 0.6) is 0 Å². The van der Waals surface area contributed by atoms with Crippen LogP contribution in [0.3, 0.4) is 0 Å². The van der Waals surface area contributed by atoms with Gasteiger partial charge in [-0.05, 0) is 18.9 Å². The normalized spacial score (nSPS) is 11.2. The van der Waals surface area contributed by atoms with Crippen LogP contribution in [-0.2, 0) is 0 Å². The number of hydrogen-bond donors (Lipinski definition) is 0. The molecule has 0 unspecified atom stereocenters. The zero-order valence-corrected chi connectivity index (χ0v) is 11.8. The van der Waals surface area contributed by atoms with Gasteiger partial charge in [0.25, 0.3) is 0 Å². The zero-order valence-electron chi connectivity index (χ0n) is 10.00. The molecule has 0 aliphatic carbocycles. The minimum Gasteiger partial charge on any atom is -0.288 e. The van der Waals surface area contributed by atoms with Crippen LogP contribution in [-0.4, -0.2) is 18.8 Å². The van der Waals surface area contributed by atoms with E-state index in [-0.39, 0.29) is 5.78 Å². The van der Waals surface area contributed by atoms with E-state index in [4.69, 9.17) is 0 Å². The smallest absolute Gasteiger partial charge is 0.204 e. The molecule has 1 heterocycles. The van der Waals surface area contributed by atoms with Gasteiger partial charge in [-0.2, -0.15) is 0 Å². The lowest BCUT2D eigenvalue weighted by Crippen LogP contribution is -2.16. The summed E-state index contributed by atoms with van der Waals surface area (Å²) in [5, 5.41) is 2.49. The third-order valence-electron chi connectivity index (χ3n) is 1.62. The number of nitrogens with zero attached hydrogens (tertiary/aromatic N) is 1. The fourth-order valence-electron chi connectivity index (χ4n) is 0.922. The van der Waals surface area contributed by atoms with Crippen LogP contribution in [0.1, 0.15) is 22.4 Å². The van der Waals surface area contributed by atoms with Crippen molar-refractivity contribution in [3.05, 3.63) is 28.2 Å².